The van der Waals surface area contributed by atoms with Gasteiger partial charge in [-0.2, -0.15) is 0 Å². The summed E-state index contributed by atoms with van der Waals surface area (Å²) in [6.07, 6.45) is 5.43. The van der Waals surface area contributed by atoms with E-state index in [2.05, 4.69) is 43.0 Å². The van der Waals surface area contributed by atoms with Gasteiger partial charge in [0, 0.05) is 24.2 Å². The summed E-state index contributed by atoms with van der Waals surface area (Å²) in [4.78, 5) is 2.61. The molecule has 0 aliphatic heterocycles. The van der Waals surface area contributed by atoms with Gasteiger partial charge >= 0.3 is 0 Å². The number of hydrogen-bond donors (Lipinski definition) is 0. The highest BCUT2D eigenvalue weighted by molar-refractivity contribution is 6.17. The van der Waals surface area contributed by atoms with Gasteiger partial charge in [0.05, 0.1) is 0 Å². The summed E-state index contributed by atoms with van der Waals surface area (Å²) in [6.45, 7) is 5.73. The van der Waals surface area contributed by atoms with E-state index >= 15 is 0 Å². The van der Waals surface area contributed by atoms with E-state index in [1.165, 1.54) is 36.9 Å². The summed E-state index contributed by atoms with van der Waals surface area (Å²) in [7, 11) is 0. The Kier molecular flexibility index (Phi) is 4.94. The van der Waals surface area contributed by atoms with E-state index in [-0.39, 0.29) is 0 Å². The summed E-state index contributed by atoms with van der Waals surface area (Å²) in [6, 6.07) is 9.33. The van der Waals surface area contributed by atoms with Gasteiger partial charge in [0.2, 0.25) is 0 Å². The monoisotopic (exact) mass is 265 g/mol. The average molecular weight is 266 g/mol. The van der Waals surface area contributed by atoms with Crippen LogP contribution in [0, 0.1) is 5.92 Å². The summed E-state index contributed by atoms with van der Waals surface area (Å²) in [5.41, 5.74) is 2.62. The van der Waals surface area contributed by atoms with Crippen LogP contribution in [0.4, 0.5) is 5.69 Å². The van der Waals surface area contributed by atoms with E-state index in [0.717, 1.165) is 12.6 Å². The topological polar surface area (TPSA) is 3.24 Å². The van der Waals surface area contributed by atoms with Gasteiger partial charge in [-0.1, -0.05) is 44.9 Å². The molecule has 0 radical (unpaired) electrons. The molecule has 1 fully saturated rings. The van der Waals surface area contributed by atoms with Gasteiger partial charge in [-0.05, 0) is 30.4 Å². The molecule has 0 bridgehead atoms. The molecule has 0 aromatic heterocycles. The number of anilines is 1. The number of halogens is 1. The molecular formula is C16H24ClN. The van der Waals surface area contributed by atoms with Crippen molar-refractivity contribution in [2.75, 3.05) is 11.4 Å². The first-order chi connectivity index (χ1) is 8.72. The van der Waals surface area contributed by atoms with Crippen molar-refractivity contribution in [1.29, 1.82) is 0 Å². The number of hydrogen-bond acceptors (Lipinski definition) is 1. The maximum Gasteiger partial charge on any atom is 0.0494 e. The zero-order valence-electron chi connectivity index (χ0n) is 11.5. The first kappa shape index (κ1) is 13.7. The van der Waals surface area contributed by atoms with Crippen molar-refractivity contribution in [2.45, 2.75) is 51.5 Å². The van der Waals surface area contributed by atoms with Crippen molar-refractivity contribution in [3.63, 3.8) is 0 Å². The Morgan fingerprint density at radius 2 is 1.89 bits per heavy atom. The zero-order chi connectivity index (χ0) is 13.0. The van der Waals surface area contributed by atoms with Crippen molar-refractivity contribution in [2.24, 2.45) is 5.92 Å². The number of alkyl halides is 1. The Hall–Kier alpha value is -0.690. The summed E-state index contributed by atoms with van der Waals surface area (Å²) in [5.74, 6) is 1.30. The van der Waals surface area contributed by atoms with E-state index in [1.54, 1.807) is 0 Å². The molecule has 1 aromatic rings. The smallest absolute Gasteiger partial charge is 0.0494 e. The van der Waals surface area contributed by atoms with Gasteiger partial charge in [0.25, 0.3) is 0 Å². The molecular weight excluding hydrogens is 242 g/mol. The van der Waals surface area contributed by atoms with E-state index in [1.807, 2.05) is 0 Å². The van der Waals surface area contributed by atoms with Crippen molar-refractivity contribution in [3.8, 4) is 0 Å². The fourth-order valence-electron chi connectivity index (χ4n) is 2.96. The minimum absolute atomic E-state index is 0.609. The SMILES string of the molecule is CC(C)CN(c1ccccc1CCl)C1CCCC1. The predicted molar refractivity (Wildman–Crippen MR) is 80.4 cm³/mol. The normalized spacial score (nSPS) is 16.4. The largest absolute Gasteiger partial charge is 0.368 e. The zero-order valence-corrected chi connectivity index (χ0v) is 12.3. The van der Waals surface area contributed by atoms with Crippen LogP contribution in [0.3, 0.4) is 0 Å². The van der Waals surface area contributed by atoms with Crippen molar-refractivity contribution >= 4 is 17.3 Å². The standard InChI is InChI=1S/C16H24ClN/c1-13(2)12-18(15-8-4-5-9-15)16-10-6-3-7-14(16)11-17/h3,6-7,10,13,15H,4-5,8-9,11-12H2,1-2H3. The number of benzene rings is 1. The van der Waals surface area contributed by atoms with Crippen LogP contribution in [-0.2, 0) is 5.88 Å². The van der Waals surface area contributed by atoms with E-state index in [0.29, 0.717) is 11.8 Å². The summed E-state index contributed by atoms with van der Waals surface area (Å²) in [5, 5.41) is 0. The second-order valence-corrected chi connectivity index (χ2v) is 6.01. The van der Waals surface area contributed by atoms with Gasteiger partial charge in [-0.25, -0.2) is 0 Å². The van der Waals surface area contributed by atoms with Crippen molar-refractivity contribution < 1.29 is 0 Å². The molecule has 0 spiro atoms. The van der Waals surface area contributed by atoms with E-state index in [9.17, 15) is 0 Å². The van der Waals surface area contributed by atoms with Gasteiger partial charge < -0.3 is 4.90 Å². The Labute approximate surface area is 116 Å². The Morgan fingerprint density at radius 1 is 1.22 bits per heavy atom. The quantitative estimate of drug-likeness (QED) is 0.689. The molecule has 0 saturated heterocycles. The lowest BCUT2D eigenvalue weighted by molar-refractivity contribution is 0.535. The molecule has 1 aliphatic carbocycles. The molecule has 0 amide bonds. The first-order valence-electron chi connectivity index (χ1n) is 7.13. The first-order valence-corrected chi connectivity index (χ1v) is 7.66. The fourth-order valence-corrected chi connectivity index (χ4v) is 3.18. The third-order valence-corrected chi connectivity index (χ3v) is 4.06. The number of para-hydroxylation sites is 1. The van der Waals surface area contributed by atoms with Crippen LogP contribution in [0.15, 0.2) is 24.3 Å². The van der Waals surface area contributed by atoms with E-state index < -0.39 is 0 Å². The van der Waals surface area contributed by atoms with Gasteiger partial charge in [0.15, 0.2) is 0 Å². The molecule has 0 heterocycles. The maximum atomic E-state index is 6.09. The molecule has 100 valence electrons. The van der Waals surface area contributed by atoms with Gasteiger partial charge in [-0.15, -0.1) is 11.6 Å². The molecule has 18 heavy (non-hydrogen) atoms. The Morgan fingerprint density at radius 3 is 2.50 bits per heavy atom. The highest BCUT2D eigenvalue weighted by Crippen LogP contribution is 2.31. The average Bonchev–Trinajstić information content (AvgIpc) is 2.89. The highest BCUT2D eigenvalue weighted by atomic mass is 35.5. The lowest BCUT2D eigenvalue weighted by atomic mass is 10.1. The molecule has 0 unspecified atom stereocenters. The van der Waals surface area contributed by atoms with Crippen LogP contribution >= 0.6 is 11.6 Å². The second-order valence-electron chi connectivity index (χ2n) is 5.75. The lowest BCUT2D eigenvalue weighted by Gasteiger charge is -2.34. The van der Waals surface area contributed by atoms with Gasteiger partial charge in [-0.3, -0.25) is 0 Å². The van der Waals surface area contributed by atoms with Crippen LogP contribution < -0.4 is 4.90 Å². The summed E-state index contributed by atoms with van der Waals surface area (Å²) < 4.78 is 0. The number of nitrogens with zero attached hydrogens (tertiary/aromatic N) is 1. The van der Waals surface area contributed by atoms with Crippen molar-refractivity contribution in [1.82, 2.24) is 0 Å². The second kappa shape index (κ2) is 6.47. The summed E-state index contributed by atoms with van der Waals surface area (Å²) >= 11 is 6.09. The van der Waals surface area contributed by atoms with Crippen LogP contribution in [0.5, 0.6) is 0 Å². The molecule has 1 aliphatic rings. The Bertz CT molecular complexity index is 369. The Balaban J connectivity index is 2.26. The molecule has 1 saturated carbocycles. The number of rotatable bonds is 5. The molecule has 0 N–H and O–H groups in total. The van der Waals surface area contributed by atoms with Crippen molar-refractivity contribution in [3.05, 3.63) is 29.8 Å². The highest BCUT2D eigenvalue weighted by Gasteiger charge is 2.24. The van der Waals surface area contributed by atoms with Crippen LogP contribution in [0.1, 0.15) is 45.1 Å². The molecule has 0 atom stereocenters. The maximum absolute atomic E-state index is 6.09. The molecule has 1 nitrogen and oxygen atoms in total. The lowest BCUT2D eigenvalue weighted by Crippen LogP contribution is -2.36. The van der Waals surface area contributed by atoms with E-state index in [4.69, 9.17) is 11.6 Å². The van der Waals surface area contributed by atoms with Gasteiger partial charge in [0.1, 0.15) is 0 Å². The molecule has 2 rings (SSSR count). The van der Waals surface area contributed by atoms with Crippen LogP contribution in [0.2, 0.25) is 0 Å². The molecule has 1 aromatic carbocycles. The predicted octanol–water partition coefficient (Wildman–Crippen LogP) is 4.83. The molecule has 2 heteroatoms. The third kappa shape index (κ3) is 3.20. The minimum Gasteiger partial charge on any atom is -0.368 e. The fraction of sp³-hybridized carbons (Fsp3) is 0.625. The van der Waals surface area contributed by atoms with Crippen LogP contribution in [0.25, 0.3) is 0 Å². The van der Waals surface area contributed by atoms with Crippen LogP contribution in [-0.4, -0.2) is 12.6 Å². The minimum atomic E-state index is 0.609. The third-order valence-electron chi connectivity index (χ3n) is 3.77.